The minimum atomic E-state index is 0.0558. The first-order chi connectivity index (χ1) is 18.4. The molecule has 1 unspecified atom stereocenters. The first kappa shape index (κ1) is 26.1. The third-order valence-electron chi connectivity index (χ3n) is 7.80. The number of nitrogens with zero attached hydrogens (tertiary/aromatic N) is 5. The van der Waals surface area contributed by atoms with Gasteiger partial charge < -0.3 is 18.9 Å². The second-order valence-corrected chi connectivity index (χ2v) is 10.7. The van der Waals surface area contributed by atoms with Crippen molar-refractivity contribution in [3.63, 3.8) is 0 Å². The zero-order valence-electron chi connectivity index (χ0n) is 22.9. The third-order valence-corrected chi connectivity index (χ3v) is 7.80. The van der Waals surface area contributed by atoms with E-state index in [0.717, 1.165) is 67.0 Å². The highest BCUT2D eigenvalue weighted by molar-refractivity contribution is 5.76. The van der Waals surface area contributed by atoms with E-state index in [1.165, 1.54) is 0 Å². The van der Waals surface area contributed by atoms with Gasteiger partial charge in [0.05, 0.1) is 24.5 Å². The Morgan fingerprint density at radius 2 is 1.84 bits per heavy atom. The monoisotopic (exact) mass is 517 g/mol. The average molecular weight is 518 g/mol. The number of fused-ring (bicyclic) bond motifs is 1. The van der Waals surface area contributed by atoms with Crippen LogP contribution in [0.1, 0.15) is 44.7 Å². The maximum Gasteiger partial charge on any atom is 0.330 e. The van der Waals surface area contributed by atoms with Gasteiger partial charge in [-0.15, -0.1) is 0 Å². The number of hydrogen-bond donors (Lipinski definition) is 0. The van der Waals surface area contributed by atoms with Crippen LogP contribution in [0.15, 0.2) is 66.0 Å². The topological polar surface area (TPSA) is 66.5 Å². The fraction of sp³-hybridized carbons (Fsp3) is 0.467. The summed E-state index contributed by atoms with van der Waals surface area (Å²) in [5.74, 6) is 2.11. The zero-order chi connectivity index (χ0) is 26.6. The number of hydrogen-bond acceptors (Lipinski definition) is 5. The standard InChI is InChI=1S/C30H39N5O3/c1-22(2)28(38-29-19-25(37-4)10-9-23(29)3)13-17-32-15-11-24(12-16-32)35-27-8-6-5-7-26(27)34(30(35)36)21-33-18-14-31-20-33/h5-10,14,18-20,22,24,28H,11-13,15-17,21H2,1-4H3. The molecule has 0 radical (unpaired) electrons. The number of aryl methyl sites for hydroxylation is 1. The molecule has 0 saturated carbocycles. The Morgan fingerprint density at radius 1 is 1.08 bits per heavy atom. The maximum absolute atomic E-state index is 13.6. The van der Waals surface area contributed by atoms with Crippen LogP contribution in [-0.4, -0.2) is 56.4 Å². The van der Waals surface area contributed by atoms with Gasteiger partial charge in [-0.2, -0.15) is 0 Å². The van der Waals surface area contributed by atoms with Crippen molar-refractivity contribution in [1.82, 2.24) is 23.6 Å². The van der Waals surface area contributed by atoms with E-state index >= 15 is 0 Å². The number of ether oxygens (including phenoxy) is 2. The molecule has 38 heavy (non-hydrogen) atoms. The predicted octanol–water partition coefficient (Wildman–Crippen LogP) is 4.95. The van der Waals surface area contributed by atoms with Crippen LogP contribution >= 0.6 is 0 Å². The SMILES string of the molecule is COc1ccc(C)c(OC(CCN2CCC(n3c(=O)n(Cn4ccnc4)c4ccccc43)CC2)C(C)C)c1. The second kappa shape index (κ2) is 11.5. The van der Waals surface area contributed by atoms with Gasteiger partial charge in [0.15, 0.2) is 0 Å². The molecule has 1 saturated heterocycles. The van der Waals surface area contributed by atoms with Crippen LogP contribution in [0.25, 0.3) is 11.0 Å². The molecule has 4 aromatic rings. The van der Waals surface area contributed by atoms with Gasteiger partial charge in [0.2, 0.25) is 0 Å². The molecule has 8 heteroatoms. The minimum absolute atomic E-state index is 0.0558. The predicted molar refractivity (Wildman–Crippen MR) is 150 cm³/mol. The van der Waals surface area contributed by atoms with E-state index in [1.54, 1.807) is 19.6 Å². The second-order valence-electron chi connectivity index (χ2n) is 10.7. The van der Waals surface area contributed by atoms with Crippen LogP contribution in [0.3, 0.4) is 0 Å². The number of para-hydroxylation sites is 2. The molecular formula is C30H39N5O3. The van der Waals surface area contributed by atoms with E-state index < -0.39 is 0 Å². The van der Waals surface area contributed by atoms with Crippen LogP contribution in [0.2, 0.25) is 0 Å². The van der Waals surface area contributed by atoms with Crippen molar-refractivity contribution in [3.05, 3.63) is 77.2 Å². The van der Waals surface area contributed by atoms with Gasteiger partial charge in [-0.05, 0) is 55.9 Å². The van der Waals surface area contributed by atoms with Gasteiger partial charge in [0.25, 0.3) is 0 Å². The molecule has 5 rings (SSSR count). The van der Waals surface area contributed by atoms with Crippen LogP contribution in [0.4, 0.5) is 0 Å². The molecule has 202 valence electrons. The number of aromatic nitrogens is 4. The van der Waals surface area contributed by atoms with Crippen molar-refractivity contribution in [3.8, 4) is 11.5 Å². The van der Waals surface area contributed by atoms with E-state index in [1.807, 2.05) is 56.3 Å². The summed E-state index contributed by atoms with van der Waals surface area (Å²) in [5, 5.41) is 0. The lowest BCUT2D eigenvalue weighted by Gasteiger charge is -2.34. The summed E-state index contributed by atoms with van der Waals surface area (Å²) in [5.41, 5.74) is 3.16. The minimum Gasteiger partial charge on any atom is -0.497 e. The molecule has 3 heterocycles. The summed E-state index contributed by atoms with van der Waals surface area (Å²) in [6.07, 6.45) is 8.39. The van der Waals surface area contributed by atoms with Gasteiger partial charge in [-0.25, -0.2) is 9.78 Å². The van der Waals surface area contributed by atoms with Gasteiger partial charge in [0, 0.05) is 44.1 Å². The quantitative estimate of drug-likeness (QED) is 0.298. The Balaban J connectivity index is 1.24. The smallest absolute Gasteiger partial charge is 0.330 e. The zero-order valence-corrected chi connectivity index (χ0v) is 22.9. The summed E-state index contributed by atoms with van der Waals surface area (Å²) in [6.45, 7) is 9.91. The third kappa shape index (κ3) is 5.50. The molecule has 0 N–H and O–H groups in total. The van der Waals surface area contributed by atoms with Crippen molar-refractivity contribution in [1.29, 1.82) is 0 Å². The molecule has 0 bridgehead atoms. The number of methoxy groups -OCH3 is 1. The van der Waals surface area contributed by atoms with E-state index in [9.17, 15) is 4.79 Å². The lowest BCUT2D eigenvalue weighted by molar-refractivity contribution is 0.109. The Labute approximate surface area is 224 Å². The van der Waals surface area contributed by atoms with Crippen LogP contribution in [-0.2, 0) is 6.67 Å². The fourth-order valence-electron chi connectivity index (χ4n) is 5.49. The molecule has 0 spiro atoms. The van der Waals surface area contributed by atoms with Crippen molar-refractivity contribution in [2.75, 3.05) is 26.7 Å². The van der Waals surface area contributed by atoms with E-state index in [-0.39, 0.29) is 17.8 Å². The van der Waals surface area contributed by atoms with Gasteiger partial charge in [-0.3, -0.25) is 9.13 Å². The van der Waals surface area contributed by atoms with Gasteiger partial charge >= 0.3 is 5.69 Å². The lowest BCUT2D eigenvalue weighted by atomic mass is 10.0. The van der Waals surface area contributed by atoms with E-state index in [4.69, 9.17) is 9.47 Å². The highest BCUT2D eigenvalue weighted by Crippen LogP contribution is 2.29. The molecule has 1 atom stereocenters. The summed E-state index contributed by atoms with van der Waals surface area (Å²) in [6, 6.07) is 14.3. The molecule has 0 amide bonds. The lowest BCUT2D eigenvalue weighted by Crippen LogP contribution is -2.40. The first-order valence-corrected chi connectivity index (χ1v) is 13.6. The molecule has 1 aliphatic heterocycles. The molecule has 0 aliphatic carbocycles. The first-order valence-electron chi connectivity index (χ1n) is 13.6. The molecule has 1 fully saturated rings. The summed E-state index contributed by atoms with van der Waals surface area (Å²) in [7, 11) is 1.68. The highest BCUT2D eigenvalue weighted by Gasteiger charge is 2.26. The van der Waals surface area contributed by atoms with Crippen LogP contribution in [0, 0.1) is 12.8 Å². The van der Waals surface area contributed by atoms with E-state index in [2.05, 4.69) is 36.7 Å². The van der Waals surface area contributed by atoms with Crippen molar-refractivity contribution in [2.24, 2.45) is 5.92 Å². The number of likely N-dealkylation sites (tertiary alicyclic amines) is 1. The Morgan fingerprint density at radius 3 is 2.53 bits per heavy atom. The largest absolute Gasteiger partial charge is 0.497 e. The maximum atomic E-state index is 13.6. The van der Waals surface area contributed by atoms with Crippen molar-refractivity contribution >= 4 is 11.0 Å². The Kier molecular flexibility index (Phi) is 7.88. The van der Waals surface area contributed by atoms with E-state index in [0.29, 0.717) is 12.6 Å². The van der Waals surface area contributed by atoms with Gasteiger partial charge in [-0.1, -0.05) is 32.0 Å². The number of benzene rings is 2. The normalized spacial score (nSPS) is 15.8. The number of rotatable bonds is 10. The van der Waals surface area contributed by atoms with Crippen LogP contribution in [0.5, 0.6) is 11.5 Å². The summed E-state index contributed by atoms with van der Waals surface area (Å²) in [4.78, 5) is 20.2. The average Bonchev–Trinajstić information content (AvgIpc) is 3.54. The van der Waals surface area contributed by atoms with Crippen molar-refractivity contribution in [2.45, 2.75) is 58.8 Å². The molecule has 8 nitrogen and oxygen atoms in total. The molecule has 2 aromatic carbocycles. The number of imidazole rings is 2. The molecule has 2 aromatic heterocycles. The summed E-state index contributed by atoms with van der Waals surface area (Å²) >= 11 is 0. The summed E-state index contributed by atoms with van der Waals surface area (Å²) < 4.78 is 17.7. The highest BCUT2D eigenvalue weighted by atomic mass is 16.5. The fourth-order valence-corrected chi connectivity index (χ4v) is 5.49. The van der Waals surface area contributed by atoms with Crippen LogP contribution < -0.4 is 15.2 Å². The molecular weight excluding hydrogens is 478 g/mol. The Hall–Kier alpha value is -3.52. The molecule has 1 aliphatic rings. The number of piperidine rings is 1. The Bertz CT molecular complexity index is 1400. The van der Waals surface area contributed by atoms with Crippen molar-refractivity contribution < 1.29 is 9.47 Å². The van der Waals surface area contributed by atoms with Gasteiger partial charge in [0.1, 0.15) is 24.3 Å².